The van der Waals surface area contributed by atoms with Crippen LogP contribution in [0.15, 0.2) is 64.9 Å². The van der Waals surface area contributed by atoms with Gasteiger partial charge in [-0.25, -0.2) is 14.4 Å². The third kappa shape index (κ3) is 3.48. The molecule has 8 heteroatoms. The zero-order chi connectivity index (χ0) is 22.6. The molecule has 0 aliphatic heterocycles. The lowest BCUT2D eigenvalue weighted by atomic mass is 9.91. The fourth-order valence-electron chi connectivity index (χ4n) is 4.57. The maximum atomic E-state index is 14.7. The Balaban J connectivity index is 1.45. The van der Waals surface area contributed by atoms with E-state index in [4.69, 9.17) is 5.73 Å². The molecule has 6 nitrogen and oxygen atoms in total. The number of halogens is 2. The Hall–Kier alpha value is -2.81. The topological polar surface area (TPSA) is 97.2 Å². The van der Waals surface area contributed by atoms with Crippen molar-refractivity contribution in [2.45, 2.75) is 31.6 Å². The Bertz CT molecular complexity index is 1370. The predicted molar refractivity (Wildman–Crippen MR) is 126 cm³/mol. The van der Waals surface area contributed by atoms with E-state index in [-0.39, 0.29) is 11.7 Å². The van der Waals surface area contributed by atoms with Gasteiger partial charge in [-0.15, -0.1) is 0 Å². The van der Waals surface area contributed by atoms with Crippen molar-refractivity contribution in [1.29, 1.82) is 0 Å². The van der Waals surface area contributed by atoms with Gasteiger partial charge in [-0.1, -0.05) is 13.0 Å². The van der Waals surface area contributed by atoms with Crippen LogP contribution in [0.1, 0.15) is 18.5 Å². The molecule has 4 aromatic rings. The normalized spacial score (nSPS) is 21.9. The second kappa shape index (κ2) is 7.95. The van der Waals surface area contributed by atoms with Crippen LogP contribution in [0.5, 0.6) is 0 Å². The number of rotatable bonds is 4. The quantitative estimate of drug-likeness (QED) is 0.368. The lowest BCUT2D eigenvalue weighted by Crippen LogP contribution is -2.30. The van der Waals surface area contributed by atoms with E-state index in [0.29, 0.717) is 27.6 Å². The monoisotopic (exact) mass is 496 g/mol. The fraction of sp³-hybridized carbons (Fsp3) is 0.250. The number of hydrogen-bond acceptors (Lipinski definition) is 5. The van der Waals surface area contributed by atoms with Crippen LogP contribution in [-0.4, -0.2) is 37.0 Å². The minimum Gasteiger partial charge on any atom is -0.388 e. The summed E-state index contributed by atoms with van der Waals surface area (Å²) in [5.41, 5.74) is 8.57. The standard InChI is InChI=1S/C24H22BrFN4O2/c1-12(7-13-8-18(26)16-10-17(25)23(27)29-19(16)9-13)15-11-20(22(32)21(15)31)30-6-4-14-3-2-5-28-24(14)30/h2-6,8-12,20-22,31-32H,7H2,1H3,(H2,27,29)/t12?,20-,21-,22+/m1/s1. The SMILES string of the molecule is CC(Cc1cc(F)c2cc(Br)c(N)nc2c1)C1=C[C@@H](n2ccc3cccnc32)[C@H](O)[C@@H]1O. The van der Waals surface area contributed by atoms with E-state index in [2.05, 4.69) is 25.9 Å². The molecule has 3 heterocycles. The van der Waals surface area contributed by atoms with Crippen LogP contribution in [0.2, 0.25) is 0 Å². The third-order valence-electron chi connectivity index (χ3n) is 6.21. The van der Waals surface area contributed by atoms with Crippen molar-refractivity contribution in [1.82, 2.24) is 14.5 Å². The predicted octanol–water partition coefficient (Wildman–Crippen LogP) is 4.15. The van der Waals surface area contributed by atoms with Crippen LogP contribution >= 0.6 is 15.9 Å². The Morgan fingerprint density at radius 3 is 2.88 bits per heavy atom. The van der Waals surface area contributed by atoms with Crippen LogP contribution in [0.25, 0.3) is 21.9 Å². The summed E-state index contributed by atoms with van der Waals surface area (Å²) in [7, 11) is 0. The molecular formula is C24H22BrFN4O2. The fourth-order valence-corrected chi connectivity index (χ4v) is 4.89. The van der Waals surface area contributed by atoms with Crippen molar-refractivity contribution in [3.05, 3.63) is 76.3 Å². The maximum Gasteiger partial charge on any atom is 0.140 e. The highest BCUT2D eigenvalue weighted by atomic mass is 79.9. The molecule has 1 unspecified atom stereocenters. The van der Waals surface area contributed by atoms with Crippen LogP contribution in [0.4, 0.5) is 10.2 Å². The summed E-state index contributed by atoms with van der Waals surface area (Å²) in [6, 6.07) is 10.3. The van der Waals surface area contributed by atoms with Gasteiger partial charge in [-0.05, 0) is 75.8 Å². The summed E-state index contributed by atoms with van der Waals surface area (Å²) >= 11 is 3.28. The second-order valence-electron chi connectivity index (χ2n) is 8.34. The van der Waals surface area contributed by atoms with Crippen molar-refractivity contribution in [2.24, 2.45) is 5.92 Å². The van der Waals surface area contributed by atoms with Gasteiger partial charge >= 0.3 is 0 Å². The summed E-state index contributed by atoms with van der Waals surface area (Å²) in [5.74, 6) is -0.194. The molecule has 0 saturated carbocycles. The van der Waals surface area contributed by atoms with Gasteiger partial charge in [0.05, 0.1) is 16.0 Å². The highest BCUT2D eigenvalue weighted by Crippen LogP contribution is 2.37. The first-order chi connectivity index (χ1) is 15.3. The van der Waals surface area contributed by atoms with Crippen molar-refractivity contribution in [2.75, 3.05) is 5.73 Å². The molecule has 0 saturated heterocycles. The van der Waals surface area contributed by atoms with Crippen LogP contribution < -0.4 is 5.73 Å². The van der Waals surface area contributed by atoms with E-state index in [0.717, 1.165) is 22.2 Å². The molecule has 1 aliphatic carbocycles. The largest absolute Gasteiger partial charge is 0.388 e. The van der Waals surface area contributed by atoms with E-state index in [1.807, 2.05) is 48.0 Å². The number of nitrogens with two attached hydrogens (primary N) is 1. The third-order valence-corrected chi connectivity index (χ3v) is 6.85. The Morgan fingerprint density at radius 1 is 1.25 bits per heavy atom. The molecule has 0 radical (unpaired) electrons. The molecule has 3 aromatic heterocycles. The van der Waals surface area contributed by atoms with Crippen molar-refractivity contribution in [3.63, 3.8) is 0 Å². The molecule has 0 spiro atoms. The molecule has 32 heavy (non-hydrogen) atoms. The molecule has 0 bridgehead atoms. The van der Waals surface area contributed by atoms with Gasteiger partial charge in [-0.2, -0.15) is 0 Å². The lowest BCUT2D eigenvalue weighted by Gasteiger charge is -2.21. The Morgan fingerprint density at radius 2 is 2.06 bits per heavy atom. The maximum absolute atomic E-state index is 14.7. The first-order valence-corrected chi connectivity index (χ1v) is 11.2. The lowest BCUT2D eigenvalue weighted by molar-refractivity contribution is 0.0293. The number of fused-ring (bicyclic) bond motifs is 2. The van der Waals surface area contributed by atoms with Gasteiger partial charge in [-0.3, -0.25) is 0 Å². The number of hydrogen-bond donors (Lipinski definition) is 3. The van der Waals surface area contributed by atoms with Crippen LogP contribution in [0, 0.1) is 11.7 Å². The molecule has 4 atom stereocenters. The van der Waals surface area contributed by atoms with Gasteiger partial charge < -0.3 is 20.5 Å². The Kier molecular flexibility index (Phi) is 5.23. The van der Waals surface area contributed by atoms with Crippen molar-refractivity contribution in [3.8, 4) is 0 Å². The zero-order valence-corrected chi connectivity index (χ0v) is 18.9. The van der Waals surface area contributed by atoms with E-state index >= 15 is 0 Å². The Labute approximate surface area is 192 Å². The van der Waals surface area contributed by atoms with Crippen molar-refractivity contribution < 1.29 is 14.6 Å². The van der Waals surface area contributed by atoms with E-state index < -0.39 is 18.2 Å². The molecule has 1 aromatic carbocycles. The zero-order valence-electron chi connectivity index (χ0n) is 17.3. The summed E-state index contributed by atoms with van der Waals surface area (Å²) in [6.45, 7) is 1.96. The average molecular weight is 497 g/mol. The van der Waals surface area contributed by atoms with Gasteiger partial charge in [0.2, 0.25) is 0 Å². The summed E-state index contributed by atoms with van der Waals surface area (Å²) in [6.07, 6.45) is 3.96. The second-order valence-corrected chi connectivity index (χ2v) is 9.19. The van der Waals surface area contributed by atoms with Gasteiger partial charge in [0.1, 0.15) is 29.5 Å². The smallest absolute Gasteiger partial charge is 0.140 e. The van der Waals surface area contributed by atoms with Gasteiger partial charge in [0.15, 0.2) is 0 Å². The van der Waals surface area contributed by atoms with Crippen LogP contribution in [-0.2, 0) is 6.42 Å². The number of pyridine rings is 2. The highest BCUT2D eigenvalue weighted by molar-refractivity contribution is 9.10. The minimum absolute atomic E-state index is 0.121. The van der Waals surface area contributed by atoms with E-state index in [1.54, 1.807) is 12.3 Å². The van der Waals surface area contributed by atoms with E-state index in [9.17, 15) is 14.6 Å². The number of benzene rings is 1. The minimum atomic E-state index is -1.01. The summed E-state index contributed by atoms with van der Waals surface area (Å²) in [5, 5.41) is 22.9. The molecule has 5 rings (SSSR count). The number of anilines is 1. The first-order valence-electron chi connectivity index (χ1n) is 10.4. The summed E-state index contributed by atoms with van der Waals surface area (Å²) < 4.78 is 17.1. The molecule has 0 amide bonds. The highest BCUT2D eigenvalue weighted by Gasteiger charge is 2.38. The molecule has 164 valence electrons. The van der Waals surface area contributed by atoms with Gasteiger partial charge in [0.25, 0.3) is 0 Å². The average Bonchev–Trinajstić information content (AvgIpc) is 3.31. The number of nitrogen functional groups attached to an aromatic ring is 1. The summed E-state index contributed by atoms with van der Waals surface area (Å²) in [4.78, 5) is 8.69. The van der Waals surface area contributed by atoms with Gasteiger partial charge in [0, 0.05) is 23.2 Å². The molecule has 4 N–H and O–H groups in total. The molecular weight excluding hydrogens is 475 g/mol. The first kappa shape index (κ1) is 21.1. The molecule has 1 aliphatic rings. The van der Waals surface area contributed by atoms with Crippen LogP contribution in [0.3, 0.4) is 0 Å². The van der Waals surface area contributed by atoms with E-state index in [1.165, 1.54) is 6.07 Å². The molecule has 0 fully saturated rings. The number of aliphatic hydroxyl groups excluding tert-OH is 2. The number of aromatic nitrogens is 3. The van der Waals surface area contributed by atoms with Crippen molar-refractivity contribution >= 4 is 43.7 Å². The number of nitrogens with zero attached hydrogens (tertiary/aromatic N) is 3. The number of aliphatic hydroxyl groups is 2.